The number of aryl methyl sites for hydroxylation is 1. The van der Waals surface area contributed by atoms with Crippen molar-refractivity contribution in [1.29, 1.82) is 0 Å². The van der Waals surface area contributed by atoms with E-state index in [0.29, 0.717) is 31.4 Å². The van der Waals surface area contributed by atoms with Gasteiger partial charge in [-0.05, 0) is 36.8 Å². The highest BCUT2D eigenvalue weighted by atomic mass is 16.5. The zero-order valence-electron chi connectivity index (χ0n) is 15.7. The van der Waals surface area contributed by atoms with Crippen LogP contribution in [0.4, 0.5) is 5.95 Å². The van der Waals surface area contributed by atoms with Crippen LogP contribution in [0.25, 0.3) is 0 Å². The highest BCUT2D eigenvalue weighted by Gasteiger charge is 2.53. The van der Waals surface area contributed by atoms with E-state index in [1.807, 2.05) is 54.5 Å². The summed E-state index contributed by atoms with van der Waals surface area (Å²) < 4.78 is 6.09. The fraction of sp³-hybridized carbons (Fsp3) is 0.476. The van der Waals surface area contributed by atoms with Crippen molar-refractivity contribution in [2.75, 3.05) is 31.6 Å². The first-order chi connectivity index (χ1) is 13.1. The molecule has 6 heteroatoms. The average Bonchev–Trinajstić information content (AvgIpc) is 3.07. The second-order valence-electron chi connectivity index (χ2n) is 7.61. The van der Waals surface area contributed by atoms with Gasteiger partial charge in [0.25, 0.3) is 0 Å². The van der Waals surface area contributed by atoms with Gasteiger partial charge in [0, 0.05) is 25.5 Å². The summed E-state index contributed by atoms with van der Waals surface area (Å²) in [5, 5.41) is 3.29. The lowest BCUT2D eigenvalue weighted by atomic mass is 9.78. The summed E-state index contributed by atoms with van der Waals surface area (Å²) in [5.74, 6) is 1.32. The number of hydrogen-bond acceptors (Lipinski definition) is 5. The lowest BCUT2D eigenvalue weighted by Gasteiger charge is -2.50. The predicted octanol–water partition coefficient (Wildman–Crippen LogP) is 2.45. The lowest BCUT2D eigenvalue weighted by Crippen LogP contribution is -2.66. The van der Waals surface area contributed by atoms with E-state index < -0.39 is 0 Å². The molecule has 0 aliphatic carbocycles. The Morgan fingerprint density at radius 1 is 1.26 bits per heavy atom. The molecule has 0 radical (unpaired) electrons. The number of amides is 1. The van der Waals surface area contributed by atoms with Crippen molar-refractivity contribution in [1.82, 2.24) is 14.9 Å². The summed E-state index contributed by atoms with van der Waals surface area (Å²) in [5.41, 5.74) is 1.97. The molecule has 6 nitrogen and oxygen atoms in total. The third-order valence-corrected chi connectivity index (χ3v) is 5.62. The Labute approximate surface area is 160 Å². The van der Waals surface area contributed by atoms with Crippen LogP contribution in [0.1, 0.15) is 24.0 Å². The molecule has 27 heavy (non-hydrogen) atoms. The normalized spacial score (nSPS) is 20.5. The van der Waals surface area contributed by atoms with E-state index in [4.69, 9.17) is 4.74 Å². The number of ether oxygens (including phenoxy) is 1. The number of carbonyl (C=O) groups is 1. The van der Waals surface area contributed by atoms with E-state index in [-0.39, 0.29) is 11.5 Å². The summed E-state index contributed by atoms with van der Waals surface area (Å²) in [6, 6.07) is 9.92. The number of aromatic nitrogens is 2. The molecule has 0 saturated carbocycles. The minimum Gasteiger partial charge on any atom is -0.371 e. The molecule has 1 aromatic carbocycles. The maximum atomic E-state index is 12.5. The van der Waals surface area contributed by atoms with E-state index in [1.54, 1.807) is 0 Å². The second kappa shape index (κ2) is 7.64. The molecule has 1 N–H and O–H groups in total. The van der Waals surface area contributed by atoms with Crippen LogP contribution >= 0.6 is 0 Å². The highest BCUT2D eigenvalue weighted by molar-refractivity contribution is 5.80. The van der Waals surface area contributed by atoms with Gasteiger partial charge in [0.1, 0.15) is 5.60 Å². The van der Waals surface area contributed by atoms with E-state index in [9.17, 15) is 4.79 Å². The number of nitrogens with zero attached hydrogens (tertiary/aromatic N) is 3. The molecule has 3 heterocycles. The molecule has 1 atom stereocenters. The number of nitrogens with one attached hydrogen (secondary N) is 1. The Morgan fingerprint density at radius 2 is 2.00 bits per heavy atom. The minimum absolute atomic E-state index is 0.151. The van der Waals surface area contributed by atoms with Crippen LogP contribution in [0.3, 0.4) is 0 Å². The molecule has 142 valence electrons. The second-order valence-corrected chi connectivity index (χ2v) is 7.61. The van der Waals surface area contributed by atoms with Crippen LogP contribution in [-0.2, 0) is 16.0 Å². The third-order valence-electron chi connectivity index (χ3n) is 5.62. The number of anilines is 1. The number of carbonyl (C=O) groups excluding carboxylic acids is 1. The minimum atomic E-state index is -0.151. The monoisotopic (exact) mass is 366 g/mol. The SMILES string of the molecule is Cc1cnc(NCCC2CCOC23CN(C(=O)Cc2ccccc2)C3)nc1. The molecular formula is C21H26N4O2. The zero-order chi connectivity index (χ0) is 18.7. The Bertz CT molecular complexity index is 773. The zero-order valence-corrected chi connectivity index (χ0v) is 15.7. The summed E-state index contributed by atoms with van der Waals surface area (Å²) in [6.45, 7) is 5.00. The maximum absolute atomic E-state index is 12.5. The van der Waals surface area contributed by atoms with Gasteiger partial charge in [0.15, 0.2) is 0 Å². The average molecular weight is 366 g/mol. The van der Waals surface area contributed by atoms with E-state index >= 15 is 0 Å². The van der Waals surface area contributed by atoms with Gasteiger partial charge in [-0.3, -0.25) is 4.79 Å². The quantitative estimate of drug-likeness (QED) is 0.851. The van der Waals surface area contributed by atoms with Gasteiger partial charge in [-0.25, -0.2) is 9.97 Å². The number of rotatable bonds is 6. The van der Waals surface area contributed by atoms with Crippen molar-refractivity contribution in [2.45, 2.75) is 31.8 Å². The van der Waals surface area contributed by atoms with Crippen molar-refractivity contribution in [3.05, 3.63) is 53.9 Å². The number of hydrogen-bond donors (Lipinski definition) is 1. The van der Waals surface area contributed by atoms with Crippen LogP contribution in [0, 0.1) is 12.8 Å². The number of benzene rings is 1. The number of likely N-dealkylation sites (tertiary alicyclic amines) is 1. The first kappa shape index (κ1) is 17.9. The molecular weight excluding hydrogens is 340 g/mol. The van der Waals surface area contributed by atoms with Crippen LogP contribution in [0.15, 0.2) is 42.7 Å². The van der Waals surface area contributed by atoms with Crippen molar-refractivity contribution in [3.63, 3.8) is 0 Å². The molecule has 2 aromatic rings. The Morgan fingerprint density at radius 3 is 2.74 bits per heavy atom. The van der Waals surface area contributed by atoms with Crippen molar-refractivity contribution >= 4 is 11.9 Å². The summed E-state index contributed by atoms with van der Waals surface area (Å²) in [4.78, 5) is 23.0. The Hall–Kier alpha value is -2.47. The standard InChI is InChI=1S/C21H26N4O2/c1-16-12-23-20(24-13-16)22-9-7-18-8-10-27-21(18)14-25(15-21)19(26)11-17-5-3-2-4-6-17/h2-6,12-13,18H,7-11,14-15H2,1H3,(H,22,23,24). The van der Waals surface area contributed by atoms with Gasteiger partial charge < -0.3 is 15.0 Å². The molecule has 2 fully saturated rings. The molecule has 2 saturated heterocycles. The first-order valence-corrected chi connectivity index (χ1v) is 9.63. The molecule has 1 aromatic heterocycles. The summed E-state index contributed by atoms with van der Waals surface area (Å²) in [7, 11) is 0. The van der Waals surface area contributed by atoms with Gasteiger partial charge in [0.05, 0.1) is 19.5 Å². The van der Waals surface area contributed by atoms with Crippen molar-refractivity contribution < 1.29 is 9.53 Å². The summed E-state index contributed by atoms with van der Waals surface area (Å²) >= 11 is 0. The van der Waals surface area contributed by atoms with E-state index in [0.717, 1.165) is 37.1 Å². The topological polar surface area (TPSA) is 67.4 Å². The molecule has 0 bridgehead atoms. The molecule has 2 aliphatic rings. The molecule has 1 unspecified atom stereocenters. The van der Waals surface area contributed by atoms with Gasteiger partial charge in [-0.15, -0.1) is 0 Å². The Kier molecular flexibility index (Phi) is 5.07. The van der Waals surface area contributed by atoms with E-state index in [2.05, 4.69) is 15.3 Å². The lowest BCUT2D eigenvalue weighted by molar-refractivity contribution is -0.164. The van der Waals surface area contributed by atoms with Gasteiger partial charge in [-0.1, -0.05) is 30.3 Å². The fourth-order valence-corrected chi connectivity index (χ4v) is 4.04. The maximum Gasteiger partial charge on any atom is 0.227 e. The molecule has 2 aliphatic heterocycles. The van der Waals surface area contributed by atoms with Gasteiger partial charge in [0.2, 0.25) is 11.9 Å². The van der Waals surface area contributed by atoms with Crippen molar-refractivity contribution in [2.24, 2.45) is 5.92 Å². The smallest absolute Gasteiger partial charge is 0.227 e. The first-order valence-electron chi connectivity index (χ1n) is 9.63. The fourth-order valence-electron chi connectivity index (χ4n) is 4.04. The third kappa shape index (κ3) is 3.95. The van der Waals surface area contributed by atoms with Crippen LogP contribution < -0.4 is 5.32 Å². The van der Waals surface area contributed by atoms with Crippen LogP contribution in [0.2, 0.25) is 0 Å². The van der Waals surface area contributed by atoms with Gasteiger partial charge >= 0.3 is 0 Å². The Balaban J connectivity index is 1.26. The van der Waals surface area contributed by atoms with Crippen LogP contribution in [0.5, 0.6) is 0 Å². The molecule has 1 amide bonds. The van der Waals surface area contributed by atoms with Gasteiger partial charge in [-0.2, -0.15) is 0 Å². The van der Waals surface area contributed by atoms with Crippen LogP contribution in [-0.4, -0.2) is 52.6 Å². The van der Waals surface area contributed by atoms with E-state index in [1.165, 1.54) is 0 Å². The predicted molar refractivity (Wildman–Crippen MR) is 103 cm³/mol. The molecule has 4 rings (SSSR count). The largest absolute Gasteiger partial charge is 0.371 e. The highest BCUT2D eigenvalue weighted by Crippen LogP contribution is 2.41. The molecule has 1 spiro atoms. The van der Waals surface area contributed by atoms with Crippen molar-refractivity contribution in [3.8, 4) is 0 Å². The summed E-state index contributed by atoms with van der Waals surface area (Å²) in [6.07, 6.45) is 6.15.